The maximum atomic E-state index is 11.3. The van der Waals surface area contributed by atoms with Gasteiger partial charge in [0.1, 0.15) is 17.8 Å². The number of rotatable bonds is 2. The van der Waals surface area contributed by atoms with Gasteiger partial charge in [-0.3, -0.25) is 4.79 Å². The van der Waals surface area contributed by atoms with Crippen molar-refractivity contribution in [3.05, 3.63) is 11.3 Å². The van der Waals surface area contributed by atoms with Crippen LogP contribution in [-0.2, 0) is 4.79 Å². The fourth-order valence-corrected chi connectivity index (χ4v) is 1.75. The number of carbonyl (C=O) groups excluding carboxylic acids is 2. The number of aliphatic hydroxyl groups excluding tert-OH is 1. The summed E-state index contributed by atoms with van der Waals surface area (Å²) in [5, 5.41) is 17.4. The van der Waals surface area contributed by atoms with E-state index in [0.717, 1.165) is 0 Å². The fraction of sp³-hybridized carbons (Fsp3) is 0.444. The summed E-state index contributed by atoms with van der Waals surface area (Å²) in [7, 11) is 0. The monoisotopic (exact) mass is 224 g/mol. The van der Waals surface area contributed by atoms with Crippen LogP contribution in [0.2, 0.25) is 0 Å². The Morgan fingerprint density at radius 3 is 2.50 bits per heavy atom. The van der Waals surface area contributed by atoms with E-state index < -0.39 is 6.17 Å². The molecule has 0 aromatic carbocycles. The largest absolute Gasteiger partial charge is 0.512 e. The smallest absolute Gasteiger partial charge is 0.318 e. The number of urea groups is 1. The van der Waals surface area contributed by atoms with Gasteiger partial charge in [0, 0.05) is 0 Å². The van der Waals surface area contributed by atoms with Gasteiger partial charge in [-0.1, -0.05) is 0 Å². The van der Waals surface area contributed by atoms with Gasteiger partial charge in [-0.2, -0.15) is 0 Å². The molecule has 4 N–H and O–H groups in total. The zero-order valence-electron chi connectivity index (χ0n) is 8.87. The van der Waals surface area contributed by atoms with Crippen molar-refractivity contribution in [2.75, 3.05) is 0 Å². The van der Waals surface area contributed by atoms with Crippen molar-refractivity contribution in [2.24, 2.45) is 4.99 Å². The fourth-order valence-electron chi connectivity index (χ4n) is 1.75. The highest BCUT2D eigenvalue weighted by atomic mass is 16.3. The van der Waals surface area contributed by atoms with E-state index in [-0.39, 0.29) is 29.3 Å². The van der Waals surface area contributed by atoms with Crippen LogP contribution in [0.4, 0.5) is 4.79 Å². The van der Waals surface area contributed by atoms with Gasteiger partial charge >= 0.3 is 6.03 Å². The molecule has 2 amide bonds. The molecule has 2 aliphatic rings. The quantitative estimate of drug-likeness (QED) is 0.370. The summed E-state index contributed by atoms with van der Waals surface area (Å²) in [4.78, 5) is 26.4. The number of allylic oxidation sites excluding steroid dienone is 1. The lowest BCUT2D eigenvalue weighted by Gasteiger charge is -2.09. The Morgan fingerprint density at radius 2 is 2.00 bits per heavy atom. The third-order valence-electron chi connectivity index (χ3n) is 2.39. The van der Waals surface area contributed by atoms with Crippen molar-refractivity contribution in [2.45, 2.75) is 26.2 Å². The van der Waals surface area contributed by atoms with Gasteiger partial charge in [-0.25, -0.2) is 9.79 Å². The lowest BCUT2D eigenvalue weighted by molar-refractivity contribution is -0.113. The number of carbonyl (C=O) groups is 2. The first-order valence-corrected chi connectivity index (χ1v) is 4.81. The zero-order valence-corrected chi connectivity index (χ0v) is 8.87. The van der Waals surface area contributed by atoms with Gasteiger partial charge in [0.2, 0.25) is 0 Å². The lowest BCUT2D eigenvalue weighted by atomic mass is 10.1. The number of fused-ring (bicyclic) bond motifs is 1. The lowest BCUT2D eigenvalue weighted by Crippen LogP contribution is -2.42. The Morgan fingerprint density at radius 1 is 1.31 bits per heavy atom. The highest BCUT2D eigenvalue weighted by Crippen LogP contribution is 2.14. The topological polar surface area (TPSA) is 103 Å². The van der Waals surface area contributed by atoms with Gasteiger partial charge in [0.25, 0.3) is 0 Å². The van der Waals surface area contributed by atoms with Crippen LogP contribution in [0.15, 0.2) is 16.3 Å². The zero-order chi connectivity index (χ0) is 11.9. The molecule has 7 nitrogen and oxygen atoms in total. The molecule has 2 heterocycles. The summed E-state index contributed by atoms with van der Waals surface area (Å²) in [6.45, 7) is 2.76. The van der Waals surface area contributed by atoms with Crippen molar-refractivity contribution in [1.82, 2.24) is 16.0 Å². The maximum Gasteiger partial charge on any atom is 0.318 e. The van der Waals surface area contributed by atoms with E-state index >= 15 is 0 Å². The molecule has 2 unspecified atom stereocenters. The van der Waals surface area contributed by atoms with Crippen LogP contribution < -0.4 is 16.0 Å². The molecule has 2 rings (SSSR count). The third kappa shape index (κ3) is 1.60. The molecule has 2 aliphatic heterocycles. The van der Waals surface area contributed by atoms with Crippen LogP contribution >= 0.6 is 0 Å². The number of ketones is 1. The molecule has 0 radical (unpaired) electrons. The molecule has 16 heavy (non-hydrogen) atoms. The molecule has 0 aromatic rings. The Balaban J connectivity index is 2.26. The summed E-state index contributed by atoms with van der Waals surface area (Å²) in [6.07, 6.45) is -0.799. The van der Waals surface area contributed by atoms with Crippen LogP contribution in [0.3, 0.4) is 0 Å². The standard InChI is InChI=1S/C9H12N4O3/c1-3(14)5(4(2)15)6-10-7-8(11-6)13-9(16)12-7/h7-8,14H,1-2H3,(H,10,11)(H2,12,13,16). The van der Waals surface area contributed by atoms with Gasteiger partial charge in [-0.15, -0.1) is 0 Å². The van der Waals surface area contributed by atoms with Crippen LogP contribution in [0, 0.1) is 0 Å². The Labute approximate surface area is 91.6 Å². The Kier molecular flexibility index (Phi) is 2.30. The highest BCUT2D eigenvalue weighted by molar-refractivity contribution is 6.21. The van der Waals surface area contributed by atoms with Crippen LogP contribution in [0.5, 0.6) is 0 Å². The first-order valence-electron chi connectivity index (χ1n) is 4.81. The molecule has 2 atom stereocenters. The second-order valence-corrected chi connectivity index (χ2v) is 3.68. The third-order valence-corrected chi connectivity index (χ3v) is 2.39. The van der Waals surface area contributed by atoms with E-state index in [2.05, 4.69) is 20.9 Å². The number of amidine groups is 1. The summed E-state index contributed by atoms with van der Waals surface area (Å²) in [5.74, 6) is -0.0717. The molecular weight excluding hydrogens is 212 g/mol. The van der Waals surface area contributed by atoms with E-state index in [1.54, 1.807) is 0 Å². The van der Waals surface area contributed by atoms with Crippen LogP contribution in [0.1, 0.15) is 13.8 Å². The molecule has 7 heteroatoms. The number of hydrogen-bond acceptors (Lipinski definition) is 5. The number of nitrogens with zero attached hydrogens (tertiary/aromatic N) is 1. The van der Waals surface area contributed by atoms with Gasteiger partial charge in [0.15, 0.2) is 11.9 Å². The average molecular weight is 224 g/mol. The Bertz CT molecular complexity index is 422. The number of aliphatic hydroxyl groups is 1. The summed E-state index contributed by atoms with van der Waals surface area (Å²) in [6, 6.07) is -0.306. The van der Waals surface area contributed by atoms with Crippen molar-refractivity contribution in [1.29, 1.82) is 0 Å². The number of hydrogen-bond donors (Lipinski definition) is 4. The summed E-state index contributed by atoms with van der Waals surface area (Å²) in [5.41, 5.74) is 0.144. The van der Waals surface area contributed by atoms with Crippen LogP contribution in [0.25, 0.3) is 0 Å². The van der Waals surface area contributed by atoms with Crippen molar-refractivity contribution in [3.8, 4) is 0 Å². The minimum atomic E-state index is -0.434. The highest BCUT2D eigenvalue weighted by Gasteiger charge is 2.38. The van der Waals surface area contributed by atoms with E-state index in [1.807, 2.05) is 0 Å². The summed E-state index contributed by atoms with van der Waals surface area (Å²) < 4.78 is 0. The number of nitrogens with one attached hydrogen (secondary N) is 3. The van der Waals surface area contributed by atoms with Gasteiger partial charge in [-0.05, 0) is 13.8 Å². The predicted octanol–water partition coefficient (Wildman–Crippen LogP) is -0.626. The van der Waals surface area contributed by atoms with E-state index in [1.165, 1.54) is 13.8 Å². The van der Waals surface area contributed by atoms with E-state index in [0.29, 0.717) is 5.84 Å². The van der Waals surface area contributed by atoms with E-state index in [4.69, 9.17) is 0 Å². The minimum absolute atomic E-state index is 0.0925. The summed E-state index contributed by atoms with van der Waals surface area (Å²) >= 11 is 0. The first kappa shape index (κ1) is 10.5. The maximum absolute atomic E-state index is 11.3. The number of Topliss-reactive ketones (excluding diaryl/α,β-unsaturated/α-hetero) is 1. The average Bonchev–Trinajstić information content (AvgIpc) is 2.59. The molecule has 0 aromatic heterocycles. The molecule has 0 spiro atoms. The normalized spacial score (nSPS) is 28.4. The van der Waals surface area contributed by atoms with Crippen molar-refractivity contribution < 1.29 is 14.7 Å². The molecular formula is C9H12N4O3. The first-order chi connectivity index (χ1) is 7.49. The second kappa shape index (κ2) is 3.51. The SMILES string of the molecule is CC(=O)C(C1=NC2NC(=O)NC2N1)=C(C)O. The van der Waals surface area contributed by atoms with Crippen molar-refractivity contribution >= 4 is 17.6 Å². The number of aliphatic imine (C=N–C) groups is 1. The minimum Gasteiger partial charge on any atom is -0.512 e. The van der Waals surface area contributed by atoms with Gasteiger partial charge < -0.3 is 21.1 Å². The molecule has 0 aliphatic carbocycles. The second-order valence-electron chi connectivity index (χ2n) is 3.68. The molecule has 0 saturated carbocycles. The predicted molar refractivity (Wildman–Crippen MR) is 55.8 cm³/mol. The van der Waals surface area contributed by atoms with Crippen molar-refractivity contribution in [3.63, 3.8) is 0 Å². The number of amides is 2. The van der Waals surface area contributed by atoms with Crippen LogP contribution in [-0.4, -0.2) is 35.1 Å². The Hall–Kier alpha value is -2.05. The molecule has 1 saturated heterocycles. The molecule has 1 fully saturated rings. The van der Waals surface area contributed by atoms with E-state index in [9.17, 15) is 14.7 Å². The molecule has 86 valence electrons. The van der Waals surface area contributed by atoms with Gasteiger partial charge in [0.05, 0.1) is 5.57 Å². The molecule has 0 bridgehead atoms.